The van der Waals surface area contributed by atoms with Crippen molar-refractivity contribution < 1.29 is 9.59 Å². The number of amides is 2. The van der Waals surface area contributed by atoms with Crippen LogP contribution in [0.2, 0.25) is 0 Å². The monoisotopic (exact) mass is 371 g/mol. The zero-order valence-electron chi connectivity index (χ0n) is 13.6. The minimum atomic E-state index is -0.526. The third-order valence-corrected chi connectivity index (χ3v) is 5.58. The standard InChI is InChI=1S/C18H17N3O2S2/c1-11-16(12-5-3-2-4-6-12)21-15(25-11)7-8-20-18(23)14-9-13(10-24-14)17(19)22/h2-6,9-10H,7-8H2,1H3,(H2,19,22)(H,20,23). The zero-order chi connectivity index (χ0) is 17.8. The Hall–Kier alpha value is -2.51. The van der Waals surface area contributed by atoms with Crippen LogP contribution in [0.1, 0.15) is 29.9 Å². The average molecular weight is 371 g/mol. The van der Waals surface area contributed by atoms with Gasteiger partial charge in [-0.05, 0) is 13.0 Å². The number of aromatic nitrogens is 1. The van der Waals surface area contributed by atoms with Crippen molar-refractivity contribution in [2.45, 2.75) is 13.3 Å². The number of hydrogen-bond acceptors (Lipinski definition) is 5. The van der Waals surface area contributed by atoms with Crippen LogP contribution in [0.15, 0.2) is 41.8 Å². The molecule has 1 aromatic carbocycles. The number of aryl methyl sites for hydroxylation is 1. The maximum atomic E-state index is 12.1. The first-order valence-electron chi connectivity index (χ1n) is 7.73. The molecule has 5 nitrogen and oxygen atoms in total. The van der Waals surface area contributed by atoms with E-state index < -0.39 is 5.91 Å². The summed E-state index contributed by atoms with van der Waals surface area (Å²) < 4.78 is 0. The number of hydrogen-bond donors (Lipinski definition) is 2. The summed E-state index contributed by atoms with van der Waals surface area (Å²) in [5, 5.41) is 5.43. The number of nitrogens with two attached hydrogens (primary N) is 1. The molecule has 25 heavy (non-hydrogen) atoms. The third-order valence-electron chi connectivity index (χ3n) is 3.62. The molecule has 3 N–H and O–H groups in total. The van der Waals surface area contributed by atoms with Gasteiger partial charge in [-0.1, -0.05) is 30.3 Å². The van der Waals surface area contributed by atoms with E-state index in [0.717, 1.165) is 21.1 Å². The Morgan fingerprint density at radius 1 is 1.24 bits per heavy atom. The Balaban J connectivity index is 1.59. The van der Waals surface area contributed by atoms with Gasteiger partial charge in [0.05, 0.1) is 21.1 Å². The van der Waals surface area contributed by atoms with Crippen LogP contribution < -0.4 is 11.1 Å². The van der Waals surface area contributed by atoms with E-state index >= 15 is 0 Å². The lowest BCUT2D eigenvalue weighted by Gasteiger charge is -2.01. The van der Waals surface area contributed by atoms with Crippen LogP contribution >= 0.6 is 22.7 Å². The first-order chi connectivity index (χ1) is 12.0. The first-order valence-corrected chi connectivity index (χ1v) is 9.42. The van der Waals surface area contributed by atoms with Crippen molar-refractivity contribution in [3.8, 4) is 11.3 Å². The highest BCUT2D eigenvalue weighted by atomic mass is 32.1. The van der Waals surface area contributed by atoms with Gasteiger partial charge in [0.15, 0.2) is 0 Å². The van der Waals surface area contributed by atoms with Gasteiger partial charge in [-0.2, -0.15) is 0 Å². The molecule has 0 aliphatic heterocycles. The normalized spacial score (nSPS) is 10.6. The quantitative estimate of drug-likeness (QED) is 0.697. The summed E-state index contributed by atoms with van der Waals surface area (Å²) in [7, 11) is 0. The van der Waals surface area contributed by atoms with Crippen LogP contribution in [0, 0.1) is 6.92 Å². The smallest absolute Gasteiger partial charge is 0.261 e. The highest BCUT2D eigenvalue weighted by Gasteiger charge is 2.13. The van der Waals surface area contributed by atoms with E-state index in [1.807, 2.05) is 30.3 Å². The topological polar surface area (TPSA) is 85.1 Å². The van der Waals surface area contributed by atoms with Crippen LogP contribution in [0.3, 0.4) is 0 Å². The Morgan fingerprint density at radius 3 is 2.68 bits per heavy atom. The van der Waals surface area contributed by atoms with Crippen molar-refractivity contribution in [1.82, 2.24) is 10.3 Å². The molecule has 0 radical (unpaired) electrons. The molecular formula is C18H17N3O2S2. The molecule has 2 heterocycles. The molecule has 0 bridgehead atoms. The fraction of sp³-hybridized carbons (Fsp3) is 0.167. The van der Waals surface area contributed by atoms with E-state index in [1.165, 1.54) is 17.4 Å². The summed E-state index contributed by atoms with van der Waals surface area (Å²) in [6, 6.07) is 11.6. The number of thiazole rings is 1. The van der Waals surface area contributed by atoms with E-state index in [-0.39, 0.29) is 5.91 Å². The second-order valence-electron chi connectivity index (χ2n) is 5.45. The van der Waals surface area contributed by atoms with Crippen molar-refractivity contribution in [1.29, 1.82) is 0 Å². The Kier molecular flexibility index (Phi) is 5.25. The van der Waals surface area contributed by atoms with Crippen molar-refractivity contribution in [3.63, 3.8) is 0 Å². The highest BCUT2D eigenvalue weighted by molar-refractivity contribution is 7.12. The fourth-order valence-electron chi connectivity index (χ4n) is 2.38. The minimum absolute atomic E-state index is 0.200. The van der Waals surface area contributed by atoms with E-state index in [2.05, 4.69) is 17.2 Å². The van der Waals surface area contributed by atoms with Crippen LogP contribution in [0.4, 0.5) is 0 Å². The largest absolute Gasteiger partial charge is 0.366 e. The molecule has 3 rings (SSSR count). The number of nitrogens with zero attached hydrogens (tertiary/aromatic N) is 1. The molecule has 128 valence electrons. The van der Waals surface area contributed by atoms with Gasteiger partial charge in [-0.25, -0.2) is 4.98 Å². The molecule has 0 fully saturated rings. The van der Waals surface area contributed by atoms with Crippen LogP contribution in [0.5, 0.6) is 0 Å². The molecule has 7 heteroatoms. The maximum absolute atomic E-state index is 12.1. The second-order valence-corrected chi connectivity index (χ2v) is 7.65. The minimum Gasteiger partial charge on any atom is -0.366 e. The fourth-order valence-corrected chi connectivity index (χ4v) is 4.14. The molecule has 0 aliphatic carbocycles. The molecule has 0 saturated heterocycles. The number of thiophene rings is 1. The van der Waals surface area contributed by atoms with E-state index in [0.29, 0.717) is 23.4 Å². The molecule has 0 spiro atoms. The van der Waals surface area contributed by atoms with Gasteiger partial charge in [-0.3, -0.25) is 9.59 Å². The molecule has 0 aliphatic rings. The first kappa shape index (κ1) is 17.3. The van der Waals surface area contributed by atoms with Crippen molar-refractivity contribution >= 4 is 34.5 Å². The lowest BCUT2D eigenvalue weighted by Crippen LogP contribution is -2.24. The van der Waals surface area contributed by atoms with Crippen LogP contribution in [-0.4, -0.2) is 23.3 Å². The predicted molar refractivity (Wildman–Crippen MR) is 101 cm³/mol. The van der Waals surface area contributed by atoms with Gasteiger partial charge in [0, 0.05) is 28.8 Å². The van der Waals surface area contributed by atoms with Gasteiger partial charge in [0.2, 0.25) is 5.91 Å². The van der Waals surface area contributed by atoms with Gasteiger partial charge in [-0.15, -0.1) is 22.7 Å². The van der Waals surface area contributed by atoms with E-state index in [4.69, 9.17) is 5.73 Å². The van der Waals surface area contributed by atoms with E-state index in [1.54, 1.807) is 16.7 Å². The predicted octanol–water partition coefficient (Wildman–Crippen LogP) is 3.25. The number of nitrogens with one attached hydrogen (secondary N) is 1. The number of carbonyl (C=O) groups is 2. The Morgan fingerprint density at radius 2 is 2.00 bits per heavy atom. The number of rotatable bonds is 6. The molecule has 0 unspecified atom stereocenters. The lowest BCUT2D eigenvalue weighted by molar-refractivity contribution is 0.0958. The van der Waals surface area contributed by atoms with E-state index in [9.17, 15) is 9.59 Å². The summed E-state index contributed by atoms with van der Waals surface area (Å²) in [5.74, 6) is -0.726. The van der Waals surface area contributed by atoms with Crippen LogP contribution in [0.25, 0.3) is 11.3 Å². The van der Waals surface area contributed by atoms with Crippen molar-refractivity contribution in [2.24, 2.45) is 5.73 Å². The van der Waals surface area contributed by atoms with Gasteiger partial charge < -0.3 is 11.1 Å². The molecule has 2 aromatic heterocycles. The van der Waals surface area contributed by atoms with Gasteiger partial charge in [0.1, 0.15) is 0 Å². The van der Waals surface area contributed by atoms with Gasteiger partial charge in [0.25, 0.3) is 5.91 Å². The summed E-state index contributed by atoms with van der Waals surface area (Å²) >= 11 is 2.85. The summed E-state index contributed by atoms with van der Waals surface area (Å²) in [4.78, 5) is 29.5. The Bertz CT molecular complexity index is 900. The zero-order valence-corrected chi connectivity index (χ0v) is 15.2. The molecule has 0 saturated carbocycles. The second kappa shape index (κ2) is 7.58. The summed E-state index contributed by atoms with van der Waals surface area (Å²) in [6.45, 7) is 2.54. The highest BCUT2D eigenvalue weighted by Crippen LogP contribution is 2.27. The SMILES string of the molecule is Cc1sc(CCNC(=O)c2cc(C(N)=O)cs2)nc1-c1ccccc1. The van der Waals surface area contributed by atoms with Crippen LogP contribution in [-0.2, 0) is 6.42 Å². The number of benzene rings is 1. The number of carbonyl (C=O) groups excluding carboxylic acids is 2. The summed E-state index contributed by atoms with van der Waals surface area (Å²) in [5.41, 5.74) is 7.65. The van der Waals surface area contributed by atoms with Crippen molar-refractivity contribution in [2.75, 3.05) is 6.54 Å². The lowest BCUT2D eigenvalue weighted by atomic mass is 10.1. The average Bonchev–Trinajstić information content (AvgIpc) is 3.23. The third kappa shape index (κ3) is 4.12. The molecule has 3 aromatic rings. The maximum Gasteiger partial charge on any atom is 0.261 e. The van der Waals surface area contributed by atoms with Gasteiger partial charge >= 0.3 is 0 Å². The van der Waals surface area contributed by atoms with Crippen molar-refractivity contribution in [3.05, 3.63) is 62.1 Å². The molecular weight excluding hydrogens is 354 g/mol. The number of primary amides is 1. The Labute approximate surface area is 153 Å². The molecule has 2 amide bonds. The molecule has 0 atom stereocenters. The summed E-state index contributed by atoms with van der Waals surface area (Å²) in [6.07, 6.45) is 0.665.